The van der Waals surface area contributed by atoms with Gasteiger partial charge >= 0.3 is 0 Å². The zero-order valence-electron chi connectivity index (χ0n) is 13.2. The van der Waals surface area contributed by atoms with Crippen molar-refractivity contribution in [3.63, 3.8) is 0 Å². The Morgan fingerprint density at radius 1 is 1.36 bits per heavy atom. The molecular formula is C14H25N4O4+. The van der Waals surface area contributed by atoms with Gasteiger partial charge < -0.3 is 16.6 Å². The Kier molecular flexibility index (Phi) is 5.42. The van der Waals surface area contributed by atoms with Gasteiger partial charge in [0.15, 0.2) is 6.04 Å². The van der Waals surface area contributed by atoms with Crippen molar-refractivity contribution in [2.45, 2.75) is 58.2 Å². The third-order valence-electron chi connectivity index (χ3n) is 4.09. The minimum atomic E-state index is -1.61. The van der Waals surface area contributed by atoms with Gasteiger partial charge in [0.05, 0.1) is 11.8 Å². The minimum Gasteiger partial charge on any atom is -0.383 e. The molecule has 0 fully saturated rings. The second-order valence-electron chi connectivity index (χ2n) is 6.35. The van der Waals surface area contributed by atoms with Crippen LogP contribution in [0.4, 0.5) is 0 Å². The summed E-state index contributed by atoms with van der Waals surface area (Å²) < 4.78 is 1.13. The lowest BCUT2D eigenvalue weighted by molar-refractivity contribution is -0.582. The number of rotatable bonds is 5. The van der Waals surface area contributed by atoms with Crippen molar-refractivity contribution in [1.82, 2.24) is 0 Å². The van der Waals surface area contributed by atoms with Gasteiger partial charge in [0, 0.05) is 6.42 Å². The summed E-state index contributed by atoms with van der Waals surface area (Å²) in [5.74, 6) is 3.46. The molecule has 0 aromatic heterocycles. The molecule has 7 N–H and O–H groups in total. The van der Waals surface area contributed by atoms with Crippen LogP contribution in [0.25, 0.3) is 0 Å². The van der Waals surface area contributed by atoms with Crippen LogP contribution in [0.5, 0.6) is 0 Å². The van der Waals surface area contributed by atoms with Gasteiger partial charge in [-0.2, -0.15) is 0 Å². The Morgan fingerprint density at radius 2 is 1.91 bits per heavy atom. The summed E-state index contributed by atoms with van der Waals surface area (Å²) in [6.45, 7) is 5.02. The van der Waals surface area contributed by atoms with Crippen LogP contribution in [0, 0.1) is 5.41 Å². The first-order valence-corrected chi connectivity index (χ1v) is 7.26. The highest BCUT2D eigenvalue weighted by atomic mass is 16.3. The third kappa shape index (κ3) is 3.33. The third-order valence-corrected chi connectivity index (χ3v) is 4.09. The van der Waals surface area contributed by atoms with E-state index in [9.17, 15) is 19.5 Å². The summed E-state index contributed by atoms with van der Waals surface area (Å²) in [6.07, 6.45) is -0.503. The van der Waals surface area contributed by atoms with Crippen molar-refractivity contribution in [1.29, 1.82) is 0 Å². The van der Waals surface area contributed by atoms with Crippen LogP contribution in [-0.4, -0.2) is 51.2 Å². The van der Waals surface area contributed by atoms with E-state index in [1.807, 2.05) is 6.92 Å². The first-order valence-electron chi connectivity index (χ1n) is 7.26. The van der Waals surface area contributed by atoms with Crippen LogP contribution >= 0.6 is 0 Å². The van der Waals surface area contributed by atoms with Gasteiger partial charge in [-0.1, -0.05) is 20.8 Å². The molecule has 0 aliphatic carbocycles. The molecule has 22 heavy (non-hydrogen) atoms. The Balaban J connectivity index is 3.37. The SMILES string of the molecule is CCCC1C(N)C(O)C(=O)C(=O)C(CC(C)(C)C(N)=O)=[N+]1N. The van der Waals surface area contributed by atoms with Gasteiger partial charge in [0.1, 0.15) is 12.1 Å². The topological polar surface area (TPSA) is 153 Å². The molecule has 1 aliphatic rings. The molecule has 1 heterocycles. The smallest absolute Gasteiger partial charge is 0.292 e. The maximum absolute atomic E-state index is 12.3. The summed E-state index contributed by atoms with van der Waals surface area (Å²) in [5, 5.41) is 9.95. The lowest BCUT2D eigenvalue weighted by atomic mass is 9.84. The Labute approximate surface area is 129 Å². The van der Waals surface area contributed by atoms with Gasteiger partial charge in [-0.25, -0.2) is 5.84 Å². The van der Waals surface area contributed by atoms with Gasteiger partial charge in [-0.05, 0) is 6.42 Å². The van der Waals surface area contributed by atoms with Gasteiger partial charge in [-0.3, -0.25) is 14.4 Å². The van der Waals surface area contributed by atoms with Gasteiger partial charge in [-0.15, -0.1) is 4.68 Å². The van der Waals surface area contributed by atoms with E-state index in [1.165, 1.54) is 0 Å². The molecule has 0 spiro atoms. The average molecular weight is 313 g/mol. The van der Waals surface area contributed by atoms with E-state index in [4.69, 9.17) is 17.3 Å². The number of carbonyl (C=O) groups excluding carboxylic acids is 3. The number of hydrazone groups is 1. The highest BCUT2D eigenvalue weighted by Gasteiger charge is 2.48. The van der Waals surface area contributed by atoms with E-state index in [2.05, 4.69) is 0 Å². The van der Waals surface area contributed by atoms with Crippen molar-refractivity contribution in [3.8, 4) is 0 Å². The van der Waals surface area contributed by atoms with E-state index < -0.39 is 41.1 Å². The van der Waals surface area contributed by atoms with Crippen molar-refractivity contribution >= 4 is 23.2 Å². The number of carbonyl (C=O) groups is 3. The number of nitrogens with zero attached hydrogens (tertiary/aromatic N) is 1. The lowest BCUT2D eigenvalue weighted by Gasteiger charge is -2.21. The molecule has 0 aromatic rings. The normalized spacial score (nSPS) is 27.0. The molecule has 1 amide bonds. The zero-order valence-corrected chi connectivity index (χ0v) is 13.2. The van der Waals surface area contributed by atoms with E-state index in [0.717, 1.165) is 4.68 Å². The molecule has 0 bridgehead atoms. The quantitative estimate of drug-likeness (QED) is 0.267. The van der Waals surface area contributed by atoms with Crippen molar-refractivity contribution in [2.24, 2.45) is 22.7 Å². The monoisotopic (exact) mass is 313 g/mol. The first-order chi connectivity index (χ1) is 10.0. The van der Waals surface area contributed by atoms with Crippen molar-refractivity contribution < 1.29 is 24.2 Å². The Morgan fingerprint density at radius 3 is 2.36 bits per heavy atom. The minimum absolute atomic E-state index is 0.0424. The zero-order chi connectivity index (χ0) is 17.2. The number of primary amides is 1. The summed E-state index contributed by atoms with van der Waals surface area (Å²) in [4.78, 5) is 35.8. The fraction of sp³-hybridized carbons (Fsp3) is 0.714. The number of aliphatic hydroxyl groups is 1. The number of hydrazine groups is 1. The van der Waals surface area contributed by atoms with Crippen LogP contribution in [0.3, 0.4) is 0 Å². The standard InChI is InChI=1S/C14H24N4O4/c1-4-5-7-9(15)11(20)12(21)10(19)8(18(7)17)6-14(2,3)13(16)22/h7,9,11,20H,4-6,15H2,1-3H3,(H3-,16,17,19,22)/p+1. The molecule has 0 radical (unpaired) electrons. The fourth-order valence-electron chi connectivity index (χ4n) is 2.47. The van der Waals surface area contributed by atoms with E-state index in [1.54, 1.807) is 13.8 Å². The lowest BCUT2D eigenvalue weighted by Crippen LogP contribution is -2.53. The molecule has 3 unspecified atom stereocenters. The Bertz CT molecular complexity index is 527. The van der Waals surface area contributed by atoms with Crippen LogP contribution in [0.1, 0.15) is 40.0 Å². The number of aliphatic hydroxyl groups excluding tert-OH is 1. The second kappa shape index (κ2) is 6.53. The molecule has 0 saturated heterocycles. The van der Waals surface area contributed by atoms with Crippen LogP contribution in [0.2, 0.25) is 0 Å². The fourth-order valence-corrected chi connectivity index (χ4v) is 2.47. The molecule has 1 rings (SSSR count). The maximum Gasteiger partial charge on any atom is 0.292 e. The number of amides is 1. The number of ketones is 2. The van der Waals surface area contributed by atoms with Crippen LogP contribution in [-0.2, 0) is 14.4 Å². The molecule has 1 aliphatic heterocycles. The van der Waals surface area contributed by atoms with Gasteiger partial charge in [0.2, 0.25) is 11.7 Å². The van der Waals surface area contributed by atoms with Crippen molar-refractivity contribution in [2.75, 3.05) is 0 Å². The number of Topliss-reactive ketones (excluding diaryl/α,β-unsaturated/α-hetero) is 2. The molecule has 8 nitrogen and oxygen atoms in total. The summed E-state index contributed by atoms with van der Waals surface area (Å²) >= 11 is 0. The van der Waals surface area contributed by atoms with Gasteiger partial charge in [0.25, 0.3) is 11.5 Å². The highest BCUT2D eigenvalue weighted by molar-refractivity contribution is 6.65. The largest absolute Gasteiger partial charge is 0.383 e. The summed E-state index contributed by atoms with van der Waals surface area (Å²) in [6, 6.07) is -1.55. The molecular weight excluding hydrogens is 288 g/mol. The predicted octanol–water partition coefficient (Wildman–Crippen LogP) is -1.78. The molecule has 8 heteroatoms. The summed E-state index contributed by atoms with van der Waals surface area (Å²) in [7, 11) is 0. The first kappa shape index (κ1) is 18.2. The molecule has 0 saturated carbocycles. The predicted molar refractivity (Wildman–Crippen MR) is 79.7 cm³/mol. The second-order valence-corrected chi connectivity index (χ2v) is 6.35. The molecule has 0 aromatic carbocycles. The van der Waals surface area contributed by atoms with E-state index in [-0.39, 0.29) is 12.1 Å². The number of nitrogens with two attached hydrogens (primary N) is 3. The van der Waals surface area contributed by atoms with Crippen LogP contribution in [0.15, 0.2) is 0 Å². The van der Waals surface area contributed by atoms with E-state index >= 15 is 0 Å². The Hall–Kier alpha value is -1.80. The van der Waals surface area contributed by atoms with Crippen LogP contribution < -0.4 is 17.3 Å². The highest BCUT2D eigenvalue weighted by Crippen LogP contribution is 2.23. The number of hydrogen-bond donors (Lipinski definition) is 4. The maximum atomic E-state index is 12.3. The van der Waals surface area contributed by atoms with E-state index in [0.29, 0.717) is 12.8 Å². The number of hydrogen-bond acceptors (Lipinski definition) is 6. The molecule has 3 atom stereocenters. The average Bonchev–Trinajstić information content (AvgIpc) is 2.50. The summed E-state index contributed by atoms with van der Waals surface area (Å²) in [5.41, 5.74) is 10.1. The molecule has 124 valence electrons. The van der Waals surface area contributed by atoms with Crippen molar-refractivity contribution in [3.05, 3.63) is 0 Å².